The van der Waals surface area contributed by atoms with Crippen molar-refractivity contribution in [3.05, 3.63) is 56.5 Å². The third-order valence-corrected chi connectivity index (χ3v) is 4.58. The largest absolute Gasteiger partial charge is 0.306 e. The van der Waals surface area contributed by atoms with Crippen molar-refractivity contribution in [2.24, 2.45) is 0 Å². The number of hydrogen-bond acceptors (Lipinski definition) is 2. The summed E-state index contributed by atoms with van der Waals surface area (Å²) < 4.78 is 13.3. The van der Waals surface area contributed by atoms with Gasteiger partial charge in [-0.3, -0.25) is 0 Å². The predicted molar refractivity (Wildman–Crippen MR) is 80.6 cm³/mol. The van der Waals surface area contributed by atoms with Crippen molar-refractivity contribution in [2.75, 3.05) is 6.54 Å². The lowest BCUT2D eigenvalue weighted by atomic mass is 10.1. The van der Waals surface area contributed by atoms with Gasteiger partial charge < -0.3 is 5.32 Å². The number of nitrogens with one attached hydrogen (secondary N) is 1. The fraction of sp³-hybridized carbons (Fsp3) is 0.333. The molecule has 1 aromatic carbocycles. The van der Waals surface area contributed by atoms with Gasteiger partial charge in [0.15, 0.2) is 0 Å². The molecule has 4 heteroatoms. The van der Waals surface area contributed by atoms with E-state index in [1.807, 2.05) is 0 Å². The van der Waals surface area contributed by atoms with Crippen molar-refractivity contribution in [3.8, 4) is 0 Å². The van der Waals surface area contributed by atoms with Crippen molar-refractivity contribution in [2.45, 2.75) is 26.3 Å². The van der Waals surface area contributed by atoms with Gasteiger partial charge >= 0.3 is 0 Å². The molecule has 1 nitrogen and oxygen atoms in total. The average molecular weight is 298 g/mol. The van der Waals surface area contributed by atoms with E-state index >= 15 is 0 Å². The molecule has 0 aliphatic carbocycles. The molecular formula is C15H17ClFNS. The Bertz CT molecular complexity index is 553. The summed E-state index contributed by atoms with van der Waals surface area (Å²) >= 11 is 7.67. The first-order valence-corrected chi connectivity index (χ1v) is 7.62. The minimum absolute atomic E-state index is 0.0772. The lowest BCUT2D eigenvalue weighted by Crippen LogP contribution is -2.21. The van der Waals surface area contributed by atoms with Gasteiger partial charge in [0.05, 0.1) is 11.1 Å². The number of rotatable bonds is 5. The standard InChI is InChI=1S/C15H17ClFNS/c1-3-11-6-8-14(19-11)15(18-4-2)10-5-7-13(17)12(16)9-10/h5-9,15,18H,3-4H2,1-2H3. The fourth-order valence-corrected chi connectivity index (χ4v) is 3.26. The number of benzene rings is 1. The van der Waals surface area contributed by atoms with Gasteiger partial charge in [-0.15, -0.1) is 11.3 Å². The summed E-state index contributed by atoms with van der Waals surface area (Å²) in [6.45, 7) is 5.05. The Balaban J connectivity index is 2.35. The highest BCUT2D eigenvalue weighted by molar-refractivity contribution is 7.12. The van der Waals surface area contributed by atoms with E-state index in [1.165, 1.54) is 15.8 Å². The molecule has 0 amide bonds. The van der Waals surface area contributed by atoms with E-state index in [0.717, 1.165) is 18.5 Å². The van der Waals surface area contributed by atoms with E-state index in [0.29, 0.717) is 0 Å². The van der Waals surface area contributed by atoms with Gasteiger partial charge in [0.2, 0.25) is 0 Å². The van der Waals surface area contributed by atoms with Crippen LogP contribution in [0.15, 0.2) is 30.3 Å². The Morgan fingerprint density at radius 2 is 2.05 bits per heavy atom. The molecule has 0 aliphatic rings. The molecule has 1 N–H and O–H groups in total. The SMILES string of the molecule is CCNC(c1ccc(F)c(Cl)c1)c1ccc(CC)s1. The Morgan fingerprint density at radius 1 is 1.26 bits per heavy atom. The Morgan fingerprint density at radius 3 is 2.63 bits per heavy atom. The molecule has 0 radical (unpaired) electrons. The molecule has 2 aromatic rings. The number of hydrogen-bond donors (Lipinski definition) is 1. The molecule has 19 heavy (non-hydrogen) atoms. The second-order valence-electron chi connectivity index (χ2n) is 4.32. The lowest BCUT2D eigenvalue weighted by molar-refractivity contribution is 0.617. The first-order chi connectivity index (χ1) is 9.15. The third kappa shape index (κ3) is 3.35. The molecule has 0 aliphatic heterocycles. The second kappa shape index (κ2) is 6.51. The molecule has 0 fully saturated rings. The summed E-state index contributed by atoms with van der Waals surface area (Å²) in [5.41, 5.74) is 0.998. The minimum Gasteiger partial charge on any atom is -0.306 e. The monoisotopic (exact) mass is 297 g/mol. The van der Waals surface area contributed by atoms with Gasteiger partial charge in [-0.2, -0.15) is 0 Å². The molecular weight excluding hydrogens is 281 g/mol. The van der Waals surface area contributed by atoms with E-state index in [2.05, 4.69) is 31.3 Å². The van der Waals surface area contributed by atoms with Gasteiger partial charge in [-0.05, 0) is 42.8 Å². The maximum absolute atomic E-state index is 13.3. The number of aryl methyl sites for hydroxylation is 1. The quantitative estimate of drug-likeness (QED) is 0.836. The van der Waals surface area contributed by atoms with Crippen LogP contribution in [0.25, 0.3) is 0 Å². The van der Waals surface area contributed by atoms with Crippen LogP contribution in [0.2, 0.25) is 5.02 Å². The highest BCUT2D eigenvalue weighted by atomic mass is 35.5. The molecule has 1 aromatic heterocycles. The van der Waals surface area contributed by atoms with Crippen LogP contribution < -0.4 is 5.32 Å². The first kappa shape index (κ1) is 14.5. The third-order valence-electron chi connectivity index (χ3n) is 3.00. The first-order valence-electron chi connectivity index (χ1n) is 6.42. The normalized spacial score (nSPS) is 12.6. The maximum atomic E-state index is 13.3. The van der Waals surface area contributed by atoms with Crippen LogP contribution in [0.1, 0.15) is 35.2 Å². The van der Waals surface area contributed by atoms with Crippen molar-refractivity contribution in [3.63, 3.8) is 0 Å². The smallest absolute Gasteiger partial charge is 0.141 e. The van der Waals surface area contributed by atoms with Crippen molar-refractivity contribution in [1.29, 1.82) is 0 Å². The van der Waals surface area contributed by atoms with Gasteiger partial charge in [0, 0.05) is 9.75 Å². The Labute approximate surface area is 122 Å². The van der Waals surface area contributed by atoms with Gasteiger partial charge in [-0.25, -0.2) is 4.39 Å². The van der Waals surface area contributed by atoms with Gasteiger partial charge in [0.25, 0.3) is 0 Å². The zero-order valence-corrected chi connectivity index (χ0v) is 12.6. The van der Waals surface area contributed by atoms with E-state index in [1.54, 1.807) is 23.5 Å². The average Bonchev–Trinajstić information content (AvgIpc) is 2.88. The van der Waals surface area contributed by atoms with Crippen LogP contribution >= 0.6 is 22.9 Å². The molecule has 0 saturated heterocycles. The highest BCUT2D eigenvalue weighted by Crippen LogP contribution is 2.30. The zero-order valence-electron chi connectivity index (χ0n) is 11.0. The lowest BCUT2D eigenvalue weighted by Gasteiger charge is -2.17. The fourth-order valence-electron chi connectivity index (χ4n) is 2.02. The van der Waals surface area contributed by atoms with E-state index in [-0.39, 0.29) is 16.9 Å². The van der Waals surface area contributed by atoms with E-state index in [4.69, 9.17) is 11.6 Å². The van der Waals surface area contributed by atoms with Crippen LogP contribution in [0.5, 0.6) is 0 Å². The molecule has 1 atom stereocenters. The van der Waals surface area contributed by atoms with Crippen LogP contribution in [0.3, 0.4) is 0 Å². The summed E-state index contributed by atoms with van der Waals surface area (Å²) in [4.78, 5) is 2.59. The summed E-state index contributed by atoms with van der Waals surface area (Å²) in [6.07, 6.45) is 1.04. The van der Waals surface area contributed by atoms with Gasteiger partial charge in [0.1, 0.15) is 5.82 Å². The van der Waals surface area contributed by atoms with Crippen LogP contribution in [0.4, 0.5) is 4.39 Å². The molecule has 0 saturated carbocycles. The summed E-state index contributed by atoms with van der Waals surface area (Å²) in [5.74, 6) is -0.374. The predicted octanol–water partition coefficient (Wildman–Crippen LogP) is 4.80. The molecule has 0 spiro atoms. The summed E-state index contributed by atoms with van der Waals surface area (Å²) in [6, 6.07) is 9.28. The topological polar surface area (TPSA) is 12.0 Å². The molecule has 1 heterocycles. The zero-order chi connectivity index (χ0) is 13.8. The molecule has 0 bridgehead atoms. The maximum Gasteiger partial charge on any atom is 0.141 e. The summed E-state index contributed by atoms with van der Waals surface area (Å²) in [5, 5.41) is 3.60. The van der Waals surface area contributed by atoms with Crippen LogP contribution in [0, 0.1) is 5.82 Å². The van der Waals surface area contributed by atoms with Gasteiger partial charge in [-0.1, -0.05) is 31.5 Å². The number of halogens is 2. The van der Waals surface area contributed by atoms with Crippen LogP contribution in [-0.4, -0.2) is 6.54 Å². The number of thiophene rings is 1. The molecule has 102 valence electrons. The van der Waals surface area contributed by atoms with Crippen molar-refractivity contribution < 1.29 is 4.39 Å². The molecule has 2 rings (SSSR count). The summed E-state index contributed by atoms with van der Waals surface area (Å²) in [7, 11) is 0. The van der Waals surface area contributed by atoms with E-state index < -0.39 is 0 Å². The van der Waals surface area contributed by atoms with E-state index in [9.17, 15) is 4.39 Å². The van der Waals surface area contributed by atoms with Crippen molar-refractivity contribution in [1.82, 2.24) is 5.32 Å². The van der Waals surface area contributed by atoms with Crippen molar-refractivity contribution >= 4 is 22.9 Å². The Kier molecular flexibility index (Phi) is 4.97. The Hall–Kier alpha value is -0.900. The minimum atomic E-state index is -0.374. The second-order valence-corrected chi connectivity index (χ2v) is 5.93. The van der Waals surface area contributed by atoms with Crippen LogP contribution in [-0.2, 0) is 6.42 Å². The molecule has 1 unspecified atom stereocenters. The highest BCUT2D eigenvalue weighted by Gasteiger charge is 2.16.